The first-order chi connectivity index (χ1) is 12.3. The van der Waals surface area contributed by atoms with Gasteiger partial charge in [-0.25, -0.2) is 0 Å². The van der Waals surface area contributed by atoms with Crippen LogP contribution in [0.1, 0.15) is 15.9 Å². The molecule has 0 aliphatic heterocycles. The smallest absolute Gasteiger partial charge is 0.256 e. The van der Waals surface area contributed by atoms with E-state index in [4.69, 9.17) is 0 Å². The molecule has 0 fully saturated rings. The topological polar surface area (TPSA) is 59.8 Å². The summed E-state index contributed by atoms with van der Waals surface area (Å²) < 4.78 is 1.82. The highest BCUT2D eigenvalue weighted by Crippen LogP contribution is 2.19. The molecule has 4 aromatic rings. The Hall–Kier alpha value is -3.47. The first kappa shape index (κ1) is 15.1. The number of carbonyl (C=O) groups is 1. The van der Waals surface area contributed by atoms with Crippen LogP contribution in [0, 0.1) is 0 Å². The van der Waals surface area contributed by atoms with Crippen LogP contribution in [0.3, 0.4) is 0 Å². The summed E-state index contributed by atoms with van der Waals surface area (Å²) in [6.07, 6.45) is 5.05. The van der Waals surface area contributed by atoms with Crippen molar-refractivity contribution in [2.24, 2.45) is 0 Å². The maximum atomic E-state index is 12.2. The van der Waals surface area contributed by atoms with Gasteiger partial charge in [-0.05, 0) is 28.5 Å². The lowest BCUT2D eigenvalue weighted by molar-refractivity contribution is 0.102. The number of hydrogen-bond donors (Lipinski definition) is 1. The summed E-state index contributed by atoms with van der Waals surface area (Å²) in [6.45, 7) is 0.645. The molecule has 2 aromatic carbocycles. The molecular formula is C20H16N4O. The van der Waals surface area contributed by atoms with E-state index in [0.29, 0.717) is 17.9 Å². The summed E-state index contributed by atoms with van der Waals surface area (Å²) in [5.74, 6) is 0.333. The second-order valence-electron chi connectivity index (χ2n) is 5.73. The molecular weight excluding hydrogens is 312 g/mol. The molecule has 5 heteroatoms. The lowest BCUT2D eigenvalue weighted by atomic mass is 10.0. The van der Waals surface area contributed by atoms with Gasteiger partial charge < -0.3 is 5.32 Å². The Morgan fingerprint density at radius 2 is 1.76 bits per heavy atom. The maximum absolute atomic E-state index is 12.2. The minimum Gasteiger partial charge on any atom is -0.305 e. The third-order valence-electron chi connectivity index (χ3n) is 4.04. The van der Waals surface area contributed by atoms with Crippen LogP contribution in [0.25, 0.3) is 10.8 Å². The van der Waals surface area contributed by atoms with Crippen molar-refractivity contribution in [3.8, 4) is 0 Å². The molecule has 2 aromatic heterocycles. The van der Waals surface area contributed by atoms with Crippen molar-refractivity contribution < 1.29 is 4.79 Å². The van der Waals surface area contributed by atoms with Gasteiger partial charge in [-0.15, -0.1) is 0 Å². The summed E-state index contributed by atoms with van der Waals surface area (Å²) in [5, 5.41) is 9.67. The van der Waals surface area contributed by atoms with Gasteiger partial charge in [-0.2, -0.15) is 5.10 Å². The molecule has 1 amide bonds. The van der Waals surface area contributed by atoms with Crippen molar-refractivity contribution in [2.75, 3.05) is 5.32 Å². The van der Waals surface area contributed by atoms with Gasteiger partial charge in [0.15, 0.2) is 5.82 Å². The molecule has 2 heterocycles. The third-order valence-corrected chi connectivity index (χ3v) is 4.04. The number of anilines is 1. The van der Waals surface area contributed by atoms with Crippen molar-refractivity contribution in [1.29, 1.82) is 0 Å². The molecule has 0 atom stereocenters. The van der Waals surface area contributed by atoms with Gasteiger partial charge in [0.2, 0.25) is 0 Å². The molecule has 25 heavy (non-hydrogen) atoms. The van der Waals surface area contributed by atoms with Crippen LogP contribution in [-0.4, -0.2) is 20.7 Å². The normalized spacial score (nSPS) is 10.7. The Balaban J connectivity index is 1.52. The fraction of sp³-hybridized carbons (Fsp3) is 0.0500. The molecule has 0 unspecified atom stereocenters. The van der Waals surface area contributed by atoms with E-state index in [1.54, 1.807) is 30.6 Å². The summed E-state index contributed by atoms with van der Waals surface area (Å²) in [6, 6.07) is 19.7. The number of fused-ring (bicyclic) bond motifs is 1. The zero-order valence-electron chi connectivity index (χ0n) is 13.5. The standard InChI is InChI=1S/C20H16N4O/c25-20(16-8-11-21-12-9-16)22-19-10-13-24(23-19)14-17-6-3-5-15-4-1-2-7-18(15)17/h1-13H,14H2,(H,22,23,25). The largest absolute Gasteiger partial charge is 0.305 e. The van der Waals surface area contributed by atoms with Crippen LogP contribution >= 0.6 is 0 Å². The van der Waals surface area contributed by atoms with Crippen molar-refractivity contribution in [3.63, 3.8) is 0 Å². The number of pyridine rings is 1. The van der Waals surface area contributed by atoms with Gasteiger partial charge in [0.05, 0.1) is 6.54 Å². The highest BCUT2D eigenvalue weighted by molar-refractivity contribution is 6.03. The number of carbonyl (C=O) groups excluding carboxylic acids is 1. The fourth-order valence-electron chi connectivity index (χ4n) is 2.81. The third kappa shape index (κ3) is 3.26. The lowest BCUT2D eigenvalue weighted by Crippen LogP contribution is -2.12. The number of rotatable bonds is 4. The first-order valence-corrected chi connectivity index (χ1v) is 8.01. The van der Waals surface area contributed by atoms with E-state index in [1.807, 2.05) is 29.1 Å². The number of nitrogens with zero attached hydrogens (tertiary/aromatic N) is 3. The Morgan fingerprint density at radius 1 is 0.960 bits per heavy atom. The molecule has 0 aliphatic rings. The second kappa shape index (κ2) is 6.57. The Morgan fingerprint density at radius 3 is 2.64 bits per heavy atom. The van der Waals surface area contributed by atoms with Crippen molar-refractivity contribution >= 4 is 22.5 Å². The number of hydrogen-bond acceptors (Lipinski definition) is 3. The fourth-order valence-corrected chi connectivity index (χ4v) is 2.81. The highest BCUT2D eigenvalue weighted by atomic mass is 16.1. The Kier molecular flexibility index (Phi) is 3.96. The predicted octanol–water partition coefficient (Wildman–Crippen LogP) is 3.73. The van der Waals surface area contributed by atoms with E-state index >= 15 is 0 Å². The van der Waals surface area contributed by atoms with E-state index in [0.717, 1.165) is 0 Å². The van der Waals surface area contributed by atoms with E-state index in [9.17, 15) is 4.79 Å². The van der Waals surface area contributed by atoms with Gasteiger partial charge in [-0.1, -0.05) is 42.5 Å². The summed E-state index contributed by atoms with van der Waals surface area (Å²) in [7, 11) is 0. The number of amides is 1. The minimum absolute atomic E-state index is 0.196. The number of benzene rings is 2. The van der Waals surface area contributed by atoms with Gasteiger partial charge in [0, 0.05) is 30.2 Å². The summed E-state index contributed by atoms with van der Waals surface area (Å²) >= 11 is 0. The monoisotopic (exact) mass is 328 g/mol. The molecule has 0 radical (unpaired) electrons. The Bertz CT molecular complexity index is 1020. The van der Waals surface area contributed by atoms with Gasteiger partial charge in [0.1, 0.15) is 0 Å². The average Bonchev–Trinajstić information content (AvgIpc) is 3.09. The van der Waals surface area contributed by atoms with Crippen molar-refractivity contribution in [1.82, 2.24) is 14.8 Å². The lowest BCUT2D eigenvalue weighted by Gasteiger charge is -2.07. The van der Waals surface area contributed by atoms with E-state index in [-0.39, 0.29) is 5.91 Å². The summed E-state index contributed by atoms with van der Waals surface area (Å²) in [5.41, 5.74) is 1.74. The molecule has 0 bridgehead atoms. The number of aromatic nitrogens is 3. The molecule has 5 nitrogen and oxygen atoms in total. The molecule has 0 saturated carbocycles. The van der Waals surface area contributed by atoms with Crippen LogP contribution in [0.4, 0.5) is 5.82 Å². The predicted molar refractivity (Wildman–Crippen MR) is 97.5 cm³/mol. The first-order valence-electron chi connectivity index (χ1n) is 8.01. The number of nitrogens with one attached hydrogen (secondary N) is 1. The molecule has 4 rings (SSSR count). The molecule has 122 valence electrons. The molecule has 0 spiro atoms. The second-order valence-corrected chi connectivity index (χ2v) is 5.73. The van der Waals surface area contributed by atoms with Crippen LogP contribution in [0.2, 0.25) is 0 Å². The van der Waals surface area contributed by atoms with Crippen LogP contribution in [0.5, 0.6) is 0 Å². The van der Waals surface area contributed by atoms with Crippen molar-refractivity contribution in [3.05, 3.63) is 90.4 Å². The molecule has 0 saturated heterocycles. The van der Waals surface area contributed by atoms with E-state index in [1.165, 1.54) is 16.3 Å². The van der Waals surface area contributed by atoms with Gasteiger partial charge in [-0.3, -0.25) is 14.5 Å². The van der Waals surface area contributed by atoms with Crippen LogP contribution in [-0.2, 0) is 6.54 Å². The van der Waals surface area contributed by atoms with Gasteiger partial charge >= 0.3 is 0 Å². The average molecular weight is 328 g/mol. The minimum atomic E-state index is -0.196. The zero-order chi connectivity index (χ0) is 17.1. The Labute approximate surface area is 144 Å². The molecule has 0 aliphatic carbocycles. The zero-order valence-corrected chi connectivity index (χ0v) is 13.5. The summed E-state index contributed by atoms with van der Waals surface area (Å²) in [4.78, 5) is 16.1. The van der Waals surface area contributed by atoms with Gasteiger partial charge in [0.25, 0.3) is 5.91 Å². The molecule has 1 N–H and O–H groups in total. The maximum Gasteiger partial charge on any atom is 0.256 e. The van der Waals surface area contributed by atoms with Crippen LogP contribution in [0.15, 0.2) is 79.3 Å². The van der Waals surface area contributed by atoms with Crippen LogP contribution < -0.4 is 5.32 Å². The van der Waals surface area contributed by atoms with E-state index in [2.05, 4.69) is 39.7 Å². The quantitative estimate of drug-likeness (QED) is 0.621. The van der Waals surface area contributed by atoms with E-state index < -0.39 is 0 Å². The SMILES string of the molecule is O=C(Nc1ccn(Cc2cccc3ccccc23)n1)c1ccncc1. The van der Waals surface area contributed by atoms with Crippen molar-refractivity contribution in [2.45, 2.75) is 6.54 Å². The highest BCUT2D eigenvalue weighted by Gasteiger charge is 2.08.